The number of sulfonamides is 1. The Bertz CT molecular complexity index is 783. The number of hydrogen-bond acceptors (Lipinski definition) is 6. The van der Waals surface area contributed by atoms with Crippen LogP contribution in [0.3, 0.4) is 0 Å². The molecule has 1 aliphatic rings. The van der Waals surface area contributed by atoms with Gasteiger partial charge in [-0.05, 0) is 31.0 Å². The molecular weight excluding hydrogens is 328 g/mol. The molecule has 1 fully saturated rings. The van der Waals surface area contributed by atoms with Gasteiger partial charge in [0, 0.05) is 31.5 Å². The fraction of sp³-hybridized carbons (Fsp3) is 0.375. The van der Waals surface area contributed by atoms with Gasteiger partial charge in [-0.3, -0.25) is 0 Å². The summed E-state index contributed by atoms with van der Waals surface area (Å²) in [5.41, 5.74) is 0. The van der Waals surface area contributed by atoms with Crippen LogP contribution >= 0.6 is 0 Å². The second kappa shape index (κ2) is 7.14. The number of hydrogen-bond donors (Lipinski definition) is 1. The molecule has 24 heavy (non-hydrogen) atoms. The van der Waals surface area contributed by atoms with Crippen molar-refractivity contribution in [1.29, 1.82) is 0 Å². The minimum atomic E-state index is -3.64. The number of benzene rings is 1. The molecule has 0 saturated carbocycles. The fourth-order valence-corrected chi connectivity index (χ4v) is 4.12. The quantitative estimate of drug-likeness (QED) is 0.850. The number of para-hydroxylation sites is 1. The van der Waals surface area contributed by atoms with Gasteiger partial charge in [-0.15, -0.1) is 0 Å². The maximum absolute atomic E-state index is 12.6. The van der Waals surface area contributed by atoms with Gasteiger partial charge in [0.05, 0.1) is 7.11 Å². The predicted octanol–water partition coefficient (Wildman–Crippen LogP) is 1.43. The molecule has 8 heteroatoms. The van der Waals surface area contributed by atoms with E-state index in [1.807, 2.05) is 4.90 Å². The molecule has 1 aromatic carbocycles. The standard InChI is InChI=1S/C16H20N4O3S/c1-23-14-7-2-3-8-15(14)24(21,22)19-12-13-6-4-11-20(13)16-17-9-5-10-18-16/h2-3,5,7-10,13,19H,4,6,11-12H2,1H3. The highest BCUT2D eigenvalue weighted by Gasteiger charge is 2.28. The Hall–Kier alpha value is -2.19. The molecule has 0 amide bonds. The molecular formula is C16H20N4O3S. The SMILES string of the molecule is COc1ccccc1S(=O)(=O)NCC1CCCN1c1ncccn1. The molecule has 1 saturated heterocycles. The summed E-state index contributed by atoms with van der Waals surface area (Å²) in [7, 11) is -2.18. The topological polar surface area (TPSA) is 84.4 Å². The lowest BCUT2D eigenvalue weighted by Crippen LogP contribution is -2.41. The van der Waals surface area contributed by atoms with E-state index < -0.39 is 10.0 Å². The number of methoxy groups -OCH3 is 1. The van der Waals surface area contributed by atoms with Crippen LogP contribution in [-0.4, -0.2) is 44.6 Å². The van der Waals surface area contributed by atoms with Crippen LogP contribution in [0.15, 0.2) is 47.6 Å². The molecule has 7 nitrogen and oxygen atoms in total. The Labute approximate surface area is 141 Å². The van der Waals surface area contributed by atoms with Crippen molar-refractivity contribution >= 4 is 16.0 Å². The molecule has 2 aromatic rings. The van der Waals surface area contributed by atoms with Crippen molar-refractivity contribution in [3.63, 3.8) is 0 Å². The Morgan fingerprint density at radius 3 is 2.75 bits per heavy atom. The van der Waals surface area contributed by atoms with Crippen LogP contribution in [0.2, 0.25) is 0 Å². The highest BCUT2D eigenvalue weighted by Crippen LogP contribution is 2.24. The van der Waals surface area contributed by atoms with E-state index in [4.69, 9.17) is 4.74 Å². The van der Waals surface area contributed by atoms with Crippen LogP contribution in [0.25, 0.3) is 0 Å². The van der Waals surface area contributed by atoms with E-state index in [2.05, 4.69) is 14.7 Å². The second-order valence-corrected chi connectivity index (χ2v) is 7.28. The lowest BCUT2D eigenvalue weighted by Gasteiger charge is -2.24. The third kappa shape index (κ3) is 3.49. The van der Waals surface area contributed by atoms with E-state index >= 15 is 0 Å². The van der Waals surface area contributed by atoms with E-state index in [0.29, 0.717) is 18.2 Å². The van der Waals surface area contributed by atoms with E-state index in [0.717, 1.165) is 19.4 Å². The largest absolute Gasteiger partial charge is 0.495 e. The number of ether oxygens (including phenoxy) is 1. The first-order valence-corrected chi connectivity index (χ1v) is 9.26. The third-order valence-corrected chi connectivity index (χ3v) is 5.52. The van der Waals surface area contributed by atoms with Crippen LogP contribution in [0.5, 0.6) is 5.75 Å². The first-order valence-electron chi connectivity index (χ1n) is 7.78. The number of nitrogens with zero attached hydrogens (tertiary/aromatic N) is 3. The maximum Gasteiger partial charge on any atom is 0.244 e. The number of nitrogens with one attached hydrogen (secondary N) is 1. The average molecular weight is 348 g/mol. The van der Waals surface area contributed by atoms with Crippen LogP contribution in [0, 0.1) is 0 Å². The van der Waals surface area contributed by atoms with E-state index in [1.165, 1.54) is 13.2 Å². The average Bonchev–Trinajstić information content (AvgIpc) is 3.09. The molecule has 1 N–H and O–H groups in total. The molecule has 1 aromatic heterocycles. The van der Waals surface area contributed by atoms with Crippen LogP contribution in [0.1, 0.15) is 12.8 Å². The lowest BCUT2D eigenvalue weighted by molar-refractivity contribution is 0.402. The van der Waals surface area contributed by atoms with Crippen molar-refractivity contribution in [3.05, 3.63) is 42.7 Å². The van der Waals surface area contributed by atoms with E-state index in [9.17, 15) is 8.42 Å². The van der Waals surface area contributed by atoms with Crippen molar-refractivity contribution in [3.8, 4) is 5.75 Å². The number of aromatic nitrogens is 2. The molecule has 1 unspecified atom stereocenters. The van der Waals surface area contributed by atoms with Gasteiger partial charge >= 0.3 is 0 Å². The second-order valence-electron chi connectivity index (χ2n) is 5.54. The summed E-state index contributed by atoms with van der Waals surface area (Å²) in [6.45, 7) is 1.13. The van der Waals surface area contributed by atoms with Gasteiger partial charge in [0.15, 0.2) is 0 Å². The Balaban J connectivity index is 1.72. The first-order chi connectivity index (χ1) is 11.6. The summed E-state index contributed by atoms with van der Waals surface area (Å²) >= 11 is 0. The summed E-state index contributed by atoms with van der Waals surface area (Å²) in [5, 5.41) is 0. The monoisotopic (exact) mass is 348 g/mol. The highest BCUT2D eigenvalue weighted by molar-refractivity contribution is 7.89. The summed E-state index contributed by atoms with van der Waals surface area (Å²) in [6.07, 6.45) is 5.26. The zero-order chi connectivity index (χ0) is 17.0. The smallest absolute Gasteiger partial charge is 0.244 e. The predicted molar refractivity (Wildman–Crippen MR) is 90.6 cm³/mol. The highest BCUT2D eigenvalue weighted by atomic mass is 32.2. The van der Waals surface area contributed by atoms with Gasteiger partial charge in [0.2, 0.25) is 16.0 Å². The number of rotatable bonds is 6. The van der Waals surface area contributed by atoms with Gasteiger partial charge in [-0.25, -0.2) is 23.1 Å². The molecule has 128 valence electrons. The molecule has 0 bridgehead atoms. The summed E-state index contributed by atoms with van der Waals surface area (Å²) in [6, 6.07) is 8.39. The molecule has 0 spiro atoms. The molecule has 2 heterocycles. The van der Waals surface area contributed by atoms with Gasteiger partial charge in [0.25, 0.3) is 0 Å². The Kier molecular flexibility index (Phi) is 4.96. The zero-order valence-electron chi connectivity index (χ0n) is 13.4. The van der Waals surface area contributed by atoms with Gasteiger partial charge in [0.1, 0.15) is 10.6 Å². The van der Waals surface area contributed by atoms with E-state index in [1.54, 1.807) is 36.7 Å². The number of anilines is 1. The molecule has 3 rings (SSSR count). The summed E-state index contributed by atoms with van der Waals surface area (Å²) in [5.74, 6) is 0.969. The summed E-state index contributed by atoms with van der Waals surface area (Å²) < 4.78 is 33.0. The van der Waals surface area contributed by atoms with E-state index in [-0.39, 0.29) is 10.9 Å². The molecule has 1 aliphatic heterocycles. The molecule has 0 aliphatic carbocycles. The minimum Gasteiger partial charge on any atom is -0.495 e. The van der Waals surface area contributed by atoms with Crippen molar-refractivity contribution < 1.29 is 13.2 Å². The first kappa shape index (κ1) is 16.7. The lowest BCUT2D eigenvalue weighted by atomic mass is 10.2. The third-order valence-electron chi connectivity index (χ3n) is 4.05. The minimum absolute atomic E-state index is 0.0388. The molecule has 0 radical (unpaired) electrons. The van der Waals surface area contributed by atoms with Crippen molar-refractivity contribution in [2.75, 3.05) is 25.1 Å². The van der Waals surface area contributed by atoms with Gasteiger partial charge in [-0.2, -0.15) is 0 Å². The van der Waals surface area contributed by atoms with Crippen LogP contribution in [0.4, 0.5) is 5.95 Å². The van der Waals surface area contributed by atoms with Gasteiger partial charge in [-0.1, -0.05) is 12.1 Å². The van der Waals surface area contributed by atoms with Crippen molar-refractivity contribution in [1.82, 2.24) is 14.7 Å². The normalized spacial score (nSPS) is 17.9. The van der Waals surface area contributed by atoms with Crippen molar-refractivity contribution in [2.24, 2.45) is 0 Å². The van der Waals surface area contributed by atoms with Crippen LogP contribution < -0.4 is 14.4 Å². The maximum atomic E-state index is 12.6. The Morgan fingerprint density at radius 1 is 1.25 bits per heavy atom. The van der Waals surface area contributed by atoms with Gasteiger partial charge < -0.3 is 9.64 Å². The zero-order valence-corrected chi connectivity index (χ0v) is 14.2. The molecule has 1 atom stereocenters. The summed E-state index contributed by atoms with van der Waals surface area (Å²) in [4.78, 5) is 10.7. The van der Waals surface area contributed by atoms with Crippen LogP contribution in [-0.2, 0) is 10.0 Å². The fourth-order valence-electron chi connectivity index (χ4n) is 2.88. The Morgan fingerprint density at radius 2 is 2.00 bits per heavy atom. The van der Waals surface area contributed by atoms with Crippen molar-refractivity contribution in [2.45, 2.75) is 23.8 Å².